The van der Waals surface area contributed by atoms with E-state index in [1.165, 1.54) is 0 Å². The Morgan fingerprint density at radius 1 is 1.00 bits per heavy atom. The number of nitrogens with zero attached hydrogens (tertiary/aromatic N) is 1. The standard InChI is InChI=1S/C23H27NO7/c1-27-18-12-20(29-3)19(28-2)11-15(18)22(24-9-5-4-6-16(24)23(25)26)14-7-8-17-21(10-14)31-13-30-17/h7-8,10-12,16,22H,4-6,9,13H2,1-3H3,(H,25,26). The second kappa shape index (κ2) is 8.93. The van der Waals surface area contributed by atoms with Crippen molar-refractivity contribution in [2.75, 3.05) is 34.7 Å². The highest BCUT2D eigenvalue weighted by Crippen LogP contribution is 2.45. The van der Waals surface area contributed by atoms with Crippen LogP contribution in [0.3, 0.4) is 0 Å². The zero-order chi connectivity index (χ0) is 22.0. The van der Waals surface area contributed by atoms with E-state index < -0.39 is 12.0 Å². The lowest BCUT2D eigenvalue weighted by Crippen LogP contribution is -2.46. The summed E-state index contributed by atoms with van der Waals surface area (Å²) in [5.41, 5.74) is 1.69. The molecule has 0 spiro atoms. The third kappa shape index (κ3) is 3.95. The molecule has 1 fully saturated rings. The van der Waals surface area contributed by atoms with Gasteiger partial charge in [-0.3, -0.25) is 9.69 Å². The molecule has 0 aliphatic carbocycles. The predicted molar refractivity (Wildman–Crippen MR) is 112 cm³/mol. The van der Waals surface area contributed by atoms with Crippen molar-refractivity contribution in [1.29, 1.82) is 0 Å². The van der Waals surface area contributed by atoms with Crippen molar-refractivity contribution < 1.29 is 33.6 Å². The molecule has 166 valence electrons. The third-order valence-corrected chi connectivity index (χ3v) is 5.90. The Morgan fingerprint density at radius 2 is 1.71 bits per heavy atom. The summed E-state index contributed by atoms with van der Waals surface area (Å²) in [5.74, 6) is 2.18. The first-order chi connectivity index (χ1) is 15.1. The van der Waals surface area contributed by atoms with Gasteiger partial charge in [0.2, 0.25) is 6.79 Å². The quantitative estimate of drug-likeness (QED) is 0.716. The van der Waals surface area contributed by atoms with Crippen LogP contribution in [0, 0.1) is 0 Å². The Morgan fingerprint density at radius 3 is 2.42 bits per heavy atom. The van der Waals surface area contributed by atoms with Gasteiger partial charge in [-0.1, -0.05) is 12.5 Å². The highest BCUT2D eigenvalue weighted by molar-refractivity contribution is 5.74. The van der Waals surface area contributed by atoms with Gasteiger partial charge in [0, 0.05) is 11.6 Å². The summed E-state index contributed by atoms with van der Waals surface area (Å²) in [5, 5.41) is 9.95. The second-order valence-corrected chi connectivity index (χ2v) is 7.55. The normalized spacial score (nSPS) is 19.0. The van der Waals surface area contributed by atoms with E-state index in [-0.39, 0.29) is 12.8 Å². The Hall–Kier alpha value is -3.13. The van der Waals surface area contributed by atoms with Crippen LogP contribution >= 0.6 is 0 Å². The van der Waals surface area contributed by atoms with Crippen molar-refractivity contribution in [3.05, 3.63) is 41.5 Å². The largest absolute Gasteiger partial charge is 0.496 e. The minimum Gasteiger partial charge on any atom is -0.496 e. The Kier molecular flexibility index (Phi) is 6.08. The number of carboxylic acids is 1. The summed E-state index contributed by atoms with van der Waals surface area (Å²) < 4.78 is 27.7. The van der Waals surface area contributed by atoms with Gasteiger partial charge >= 0.3 is 5.97 Å². The van der Waals surface area contributed by atoms with Crippen LogP contribution < -0.4 is 23.7 Å². The van der Waals surface area contributed by atoms with E-state index >= 15 is 0 Å². The van der Waals surface area contributed by atoms with Crippen LogP contribution in [-0.2, 0) is 4.79 Å². The second-order valence-electron chi connectivity index (χ2n) is 7.55. The van der Waals surface area contributed by atoms with Gasteiger partial charge in [0.15, 0.2) is 23.0 Å². The molecule has 0 saturated carbocycles. The van der Waals surface area contributed by atoms with Gasteiger partial charge < -0.3 is 28.8 Å². The molecule has 0 aromatic heterocycles. The number of methoxy groups -OCH3 is 3. The van der Waals surface area contributed by atoms with Gasteiger partial charge in [0.1, 0.15) is 11.8 Å². The van der Waals surface area contributed by atoms with Crippen molar-refractivity contribution in [1.82, 2.24) is 4.90 Å². The molecule has 2 heterocycles. The number of piperidine rings is 1. The number of carbonyl (C=O) groups is 1. The van der Waals surface area contributed by atoms with Crippen LogP contribution in [0.2, 0.25) is 0 Å². The molecule has 8 nitrogen and oxygen atoms in total. The van der Waals surface area contributed by atoms with E-state index in [0.717, 1.165) is 24.0 Å². The highest BCUT2D eigenvalue weighted by atomic mass is 16.7. The van der Waals surface area contributed by atoms with Crippen LogP contribution in [-0.4, -0.2) is 56.7 Å². The molecular formula is C23H27NO7. The molecule has 2 aromatic rings. The highest BCUT2D eigenvalue weighted by Gasteiger charge is 2.37. The van der Waals surface area contributed by atoms with Crippen LogP contribution in [0.25, 0.3) is 0 Å². The Labute approximate surface area is 181 Å². The van der Waals surface area contributed by atoms with Crippen molar-refractivity contribution >= 4 is 5.97 Å². The molecule has 2 atom stereocenters. The van der Waals surface area contributed by atoms with E-state index in [4.69, 9.17) is 23.7 Å². The fourth-order valence-electron chi connectivity index (χ4n) is 4.43. The number of hydrogen-bond donors (Lipinski definition) is 1. The van der Waals surface area contributed by atoms with Gasteiger partial charge in [0.25, 0.3) is 0 Å². The molecule has 4 rings (SSSR count). The molecule has 31 heavy (non-hydrogen) atoms. The summed E-state index contributed by atoms with van der Waals surface area (Å²) in [4.78, 5) is 14.2. The van der Waals surface area contributed by atoms with Crippen molar-refractivity contribution in [3.8, 4) is 28.7 Å². The molecular weight excluding hydrogens is 402 g/mol. The Bertz CT molecular complexity index is 961. The fourth-order valence-corrected chi connectivity index (χ4v) is 4.43. The molecule has 2 aromatic carbocycles. The zero-order valence-electron chi connectivity index (χ0n) is 17.9. The van der Waals surface area contributed by atoms with Gasteiger partial charge in [0.05, 0.1) is 27.4 Å². The maximum absolute atomic E-state index is 12.1. The monoisotopic (exact) mass is 429 g/mol. The van der Waals surface area contributed by atoms with E-state index in [0.29, 0.717) is 41.7 Å². The number of benzene rings is 2. The molecule has 0 radical (unpaired) electrons. The molecule has 1 saturated heterocycles. The number of aliphatic carboxylic acids is 1. The summed E-state index contributed by atoms with van der Waals surface area (Å²) in [7, 11) is 4.73. The maximum atomic E-state index is 12.1. The van der Waals surface area contributed by atoms with E-state index in [9.17, 15) is 9.90 Å². The first-order valence-electron chi connectivity index (χ1n) is 10.3. The fraction of sp³-hybridized carbons (Fsp3) is 0.435. The number of carboxylic acid groups (broad SMARTS) is 1. The predicted octanol–water partition coefficient (Wildman–Crippen LogP) is 3.47. The number of likely N-dealkylation sites (tertiary alicyclic amines) is 1. The average molecular weight is 429 g/mol. The third-order valence-electron chi connectivity index (χ3n) is 5.90. The van der Waals surface area contributed by atoms with Gasteiger partial charge in [-0.25, -0.2) is 0 Å². The molecule has 8 heteroatoms. The van der Waals surface area contributed by atoms with Crippen LogP contribution in [0.1, 0.15) is 36.4 Å². The topological polar surface area (TPSA) is 86.7 Å². The van der Waals surface area contributed by atoms with E-state index in [1.807, 2.05) is 29.2 Å². The molecule has 2 aliphatic rings. The molecule has 0 bridgehead atoms. The lowest BCUT2D eigenvalue weighted by Gasteiger charge is -2.40. The summed E-state index contributed by atoms with van der Waals surface area (Å²) in [6, 6.07) is 8.36. The van der Waals surface area contributed by atoms with E-state index in [2.05, 4.69) is 0 Å². The molecule has 2 aliphatic heterocycles. The van der Waals surface area contributed by atoms with Crippen LogP contribution in [0.15, 0.2) is 30.3 Å². The van der Waals surface area contributed by atoms with E-state index in [1.54, 1.807) is 27.4 Å². The summed E-state index contributed by atoms with van der Waals surface area (Å²) >= 11 is 0. The van der Waals surface area contributed by atoms with Crippen molar-refractivity contribution in [3.63, 3.8) is 0 Å². The lowest BCUT2D eigenvalue weighted by molar-refractivity contribution is -0.145. The number of fused-ring (bicyclic) bond motifs is 1. The molecule has 0 amide bonds. The van der Waals surface area contributed by atoms with Crippen LogP contribution in [0.4, 0.5) is 0 Å². The minimum atomic E-state index is -0.829. The first kappa shape index (κ1) is 21.1. The SMILES string of the molecule is COc1cc(OC)c(C(c2ccc3c(c2)OCO3)N2CCCCC2C(=O)O)cc1OC. The zero-order valence-corrected chi connectivity index (χ0v) is 17.9. The maximum Gasteiger partial charge on any atom is 0.320 e. The van der Waals surface area contributed by atoms with Gasteiger partial charge in [-0.05, 0) is 43.1 Å². The van der Waals surface area contributed by atoms with Gasteiger partial charge in [-0.15, -0.1) is 0 Å². The van der Waals surface area contributed by atoms with Crippen LogP contribution in [0.5, 0.6) is 28.7 Å². The lowest BCUT2D eigenvalue weighted by atomic mass is 9.90. The minimum absolute atomic E-state index is 0.171. The van der Waals surface area contributed by atoms with Crippen molar-refractivity contribution in [2.24, 2.45) is 0 Å². The van der Waals surface area contributed by atoms with Gasteiger partial charge in [-0.2, -0.15) is 0 Å². The number of ether oxygens (including phenoxy) is 5. The summed E-state index contributed by atoms with van der Waals surface area (Å²) in [6.45, 7) is 0.818. The smallest absolute Gasteiger partial charge is 0.320 e. The Balaban J connectivity index is 1.89. The van der Waals surface area contributed by atoms with Crippen molar-refractivity contribution in [2.45, 2.75) is 31.3 Å². The number of rotatable bonds is 7. The number of hydrogen-bond acceptors (Lipinski definition) is 7. The summed E-state index contributed by atoms with van der Waals surface area (Å²) in [6.07, 6.45) is 2.39. The molecule has 2 unspecified atom stereocenters. The first-order valence-corrected chi connectivity index (χ1v) is 10.3. The molecule has 1 N–H and O–H groups in total. The average Bonchev–Trinajstić information content (AvgIpc) is 3.27.